The molecule has 0 saturated heterocycles. The second kappa shape index (κ2) is 3.95. The van der Waals surface area contributed by atoms with Crippen LogP contribution in [0.4, 0.5) is 13.2 Å². The third kappa shape index (κ3) is 2.12. The van der Waals surface area contributed by atoms with Crippen molar-refractivity contribution in [3.05, 3.63) is 41.2 Å². The van der Waals surface area contributed by atoms with E-state index in [4.69, 9.17) is 5.11 Å². The fraction of sp³-hybridized carbons (Fsp3) is 0. The third-order valence-corrected chi connectivity index (χ3v) is 1.47. The molecule has 0 unspecified atom stereocenters. The van der Waals surface area contributed by atoms with Crippen LogP contribution in [0.3, 0.4) is 0 Å². The van der Waals surface area contributed by atoms with Gasteiger partial charge in [-0.25, -0.2) is 18.0 Å². The van der Waals surface area contributed by atoms with E-state index in [1.165, 1.54) is 0 Å². The monoisotopic (exact) mass is 202 g/mol. The van der Waals surface area contributed by atoms with E-state index < -0.39 is 29.0 Å². The Morgan fingerprint density at radius 1 is 1.21 bits per heavy atom. The largest absolute Gasteiger partial charge is 0.478 e. The molecule has 2 nitrogen and oxygen atoms in total. The summed E-state index contributed by atoms with van der Waals surface area (Å²) in [5, 5.41) is 8.20. The number of carboxylic acids is 1. The van der Waals surface area contributed by atoms with E-state index in [9.17, 15) is 18.0 Å². The fourth-order valence-electron chi connectivity index (χ4n) is 0.850. The van der Waals surface area contributed by atoms with Crippen LogP contribution >= 0.6 is 0 Å². The van der Waals surface area contributed by atoms with Gasteiger partial charge in [0.1, 0.15) is 5.82 Å². The molecule has 0 amide bonds. The molecule has 14 heavy (non-hydrogen) atoms. The molecule has 0 bridgehead atoms. The number of carbonyl (C=O) groups is 1. The fourth-order valence-corrected chi connectivity index (χ4v) is 0.850. The zero-order valence-corrected chi connectivity index (χ0v) is 6.80. The average Bonchev–Trinajstić information content (AvgIpc) is 2.11. The lowest BCUT2D eigenvalue weighted by atomic mass is 10.2. The van der Waals surface area contributed by atoms with Crippen molar-refractivity contribution in [2.45, 2.75) is 0 Å². The zero-order valence-electron chi connectivity index (χ0n) is 6.80. The van der Waals surface area contributed by atoms with Gasteiger partial charge < -0.3 is 5.11 Å². The number of benzene rings is 1. The van der Waals surface area contributed by atoms with Crippen molar-refractivity contribution in [3.63, 3.8) is 0 Å². The van der Waals surface area contributed by atoms with Gasteiger partial charge in [-0.05, 0) is 18.2 Å². The highest BCUT2D eigenvalue weighted by Crippen LogP contribution is 2.16. The standard InChI is InChI=1S/C9H5F3O2/c10-6-2-3-7(11)9(12)5(6)1-4-8(13)14/h1-4H,(H,13,14)/b4-1+. The predicted octanol–water partition coefficient (Wildman–Crippen LogP) is 2.20. The van der Waals surface area contributed by atoms with E-state index in [1.807, 2.05) is 0 Å². The molecule has 1 N–H and O–H groups in total. The molecule has 74 valence electrons. The highest BCUT2D eigenvalue weighted by atomic mass is 19.2. The second-order valence-electron chi connectivity index (χ2n) is 2.43. The summed E-state index contributed by atoms with van der Waals surface area (Å²) in [6, 6.07) is 1.35. The third-order valence-electron chi connectivity index (χ3n) is 1.47. The highest BCUT2D eigenvalue weighted by Gasteiger charge is 2.10. The molecule has 5 heteroatoms. The van der Waals surface area contributed by atoms with Crippen molar-refractivity contribution in [1.82, 2.24) is 0 Å². The summed E-state index contributed by atoms with van der Waals surface area (Å²) in [6.45, 7) is 0. The Balaban J connectivity index is 3.19. The van der Waals surface area contributed by atoms with Crippen LogP contribution in [0.5, 0.6) is 0 Å². The Morgan fingerprint density at radius 2 is 1.79 bits per heavy atom. The molecule has 0 heterocycles. The zero-order chi connectivity index (χ0) is 10.7. The van der Waals surface area contributed by atoms with Crippen LogP contribution < -0.4 is 0 Å². The smallest absolute Gasteiger partial charge is 0.328 e. The number of halogens is 3. The Bertz CT molecular complexity index is 399. The molecular formula is C9H5F3O2. The first-order valence-electron chi connectivity index (χ1n) is 3.57. The van der Waals surface area contributed by atoms with E-state index in [0.29, 0.717) is 18.2 Å². The van der Waals surface area contributed by atoms with Gasteiger partial charge in [0.25, 0.3) is 0 Å². The number of rotatable bonds is 2. The molecule has 0 fully saturated rings. The van der Waals surface area contributed by atoms with Gasteiger partial charge >= 0.3 is 5.97 Å². The van der Waals surface area contributed by atoms with Crippen molar-refractivity contribution in [3.8, 4) is 0 Å². The van der Waals surface area contributed by atoms with Crippen LogP contribution in [0.15, 0.2) is 18.2 Å². The van der Waals surface area contributed by atoms with Gasteiger partial charge in [-0.15, -0.1) is 0 Å². The number of hydrogen-bond donors (Lipinski definition) is 1. The minimum Gasteiger partial charge on any atom is -0.478 e. The first kappa shape index (κ1) is 10.3. The summed E-state index contributed by atoms with van der Waals surface area (Å²) in [7, 11) is 0. The van der Waals surface area contributed by atoms with Gasteiger partial charge in [-0.1, -0.05) is 0 Å². The number of aliphatic carboxylic acids is 1. The topological polar surface area (TPSA) is 37.3 Å². The van der Waals surface area contributed by atoms with Crippen molar-refractivity contribution in [1.29, 1.82) is 0 Å². The summed E-state index contributed by atoms with van der Waals surface area (Å²) in [5.74, 6) is -5.01. The first-order valence-corrected chi connectivity index (χ1v) is 3.57. The van der Waals surface area contributed by atoms with Crippen LogP contribution in [-0.2, 0) is 4.79 Å². The predicted molar refractivity (Wildman–Crippen MR) is 43.0 cm³/mol. The first-order chi connectivity index (χ1) is 6.52. The van der Waals surface area contributed by atoms with E-state index in [2.05, 4.69) is 0 Å². The molecule has 0 aliphatic carbocycles. The second-order valence-corrected chi connectivity index (χ2v) is 2.43. The van der Waals surface area contributed by atoms with Gasteiger partial charge in [-0.2, -0.15) is 0 Å². The van der Waals surface area contributed by atoms with Crippen molar-refractivity contribution >= 4 is 12.0 Å². The normalized spacial score (nSPS) is 10.8. The highest BCUT2D eigenvalue weighted by molar-refractivity contribution is 5.85. The maximum atomic E-state index is 12.9. The van der Waals surface area contributed by atoms with E-state index in [-0.39, 0.29) is 0 Å². The summed E-state index contributed by atoms with van der Waals surface area (Å²) in [4.78, 5) is 10.1. The maximum Gasteiger partial charge on any atom is 0.328 e. The molecule has 0 atom stereocenters. The summed E-state index contributed by atoms with van der Waals surface area (Å²) < 4.78 is 38.2. The lowest BCUT2D eigenvalue weighted by molar-refractivity contribution is -0.131. The van der Waals surface area contributed by atoms with Crippen LogP contribution in [0.2, 0.25) is 0 Å². The minimum absolute atomic E-state index is 0.529. The lowest BCUT2D eigenvalue weighted by Crippen LogP contribution is -1.94. The number of carboxylic acid groups (broad SMARTS) is 1. The Morgan fingerprint density at radius 3 is 2.36 bits per heavy atom. The minimum atomic E-state index is -1.40. The van der Waals surface area contributed by atoms with Crippen LogP contribution in [0.25, 0.3) is 6.08 Å². The molecule has 0 aliphatic rings. The van der Waals surface area contributed by atoms with Crippen molar-refractivity contribution in [2.24, 2.45) is 0 Å². The molecular weight excluding hydrogens is 197 g/mol. The molecule has 0 aliphatic heterocycles. The average molecular weight is 202 g/mol. The molecule has 0 radical (unpaired) electrons. The summed E-state index contributed by atoms with van der Waals surface area (Å²) in [6.07, 6.45) is 1.19. The SMILES string of the molecule is O=C(O)/C=C/c1c(F)ccc(F)c1F. The quantitative estimate of drug-likeness (QED) is 0.589. The summed E-state index contributed by atoms with van der Waals surface area (Å²) >= 11 is 0. The van der Waals surface area contributed by atoms with Crippen molar-refractivity contribution in [2.75, 3.05) is 0 Å². The van der Waals surface area contributed by atoms with Gasteiger partial charge in [0.2, 0.25) is 0 Å². The molecule has 0 saturated carbocycles. The van der Waals surface area contributed by atoms with Gasteiger partial charge in [0, 0.05) is 11.6 Å². The molecule has 1 rings (SSSR count). The Hall–Kier alpha value is -1.78. The van der Waals surface area contributed by atoms with Gasteiger partial charge in [-0.3, -0.25) is 0 Å². The maximum absolute atomic E-state index is 12.9. The van der Waals surface area contributed by atoms with Crippen LogP contribution in [0, 0.1) is 17.5 Å². The number of hydrogen-bond acceptors (Lipinski definition) is 1. The molecule has 1 aromatic rings. The van der Waals surface area contributed by atoms with Crippen LogP contribution in [-0.4, -0.2) is 11.1 Å². The van der Waals surface area contributed by atoms with Crippen LogP contribution in [0.1, 0.15) is 5.56 Å². The molecule has 1 aromatic carbocycles. The van der Waals surface area contributed by atoms with Gasteiger partial charge in [0.05, 0.1) is 0 Å². The van der Waals surface area contributed by atoms with Crippen molar-refractivity contribution < 1.29 is 23.1 Å². The lowest BCUT2D eigenvalue weighted by Gasteiger charge is -1.99. The Kier molecular flexibility index (Phi) is 2.91. The molecule has 0 aromatic heterocycles. The molecule has 0 spiro atoms. The van der Waals surface area contributed by atoms with E-state index in [0.717, 1.165) is 6.07 Å². The van der Waals surface area contributed by atoms with E-state index >= 15 is 0 Å². The Labute approximate surface area is 77.3 Å². The van der Waals surface area contributed by atoms with E-state index in [1.54, 1.807) is 0 Å². The summed E-state index contributed by atoms with van der Waals surface area (Å²) in [5.41, 5.74) is -0.701. The van der Waals surface area contributed by atoms with Gasteiger partial charge in [0.15, 0.2) is 11.6 Å².